The van der Waals surface area contributed by atoms with Crippen LogP contribution in [0.1, 0.15) is 46.0 Å². The molecule has 0 aromatic carbocycles. The van der Waals surface area contributed by atoms with E-state index < -0.39 is 8.80 Å². The van der Waals surface area contributed by atoms with E-state index in [-0.39, 0.29) is 6.10 Å². The second-order valence-corrected chi connectivity index (χ2v) is 7.41. The quantitative estimate of drug-likeness (QED) is 0.659. The Balaban J connectivity index is 2.66. The van der Waals surface area contributed by atoms with Crippen LogP contribution >= 0.6 is 0 Å². The molecule has 1 aliphatic rings. The van der Waals surface area contributed by atoms with Crippen molar-refractivity contribution in [2.45, 2.75) is 57.6 Å². The SMILES string of the molecule is CCC(C)O[Si](OC)(OC)C1CCCC1. The van der Waals surface area contributed by atoms with Gasteiger partial charge < -0.3 is 13.3 Å². The second-order valence-electron chi connectivity index (χ2n) is 4.33. The summed E-state index contributed by atoms with van der Waals surface area (Å²) >= 11 is 0. The molecule has 0 aromatic rings. The zero-order valence-electron chi connectivity index (χ0n) is 10.4. The third-order valence-corrected chi connectivity index (χ3v) is 6.81. The smallest absolute Gasteiger partial charge is 0.377 e. The van der Waals surface area contributed by atoms with Crippen LogP contribution in [0.4, 0.5) is 0 Å². The molecule has 0 aliphatic heterocycles. The molecule has 1 unspecified atom stereocenters. The first-order valence-electron chi connectivity index (χ1n) is 5.96. The first-order chi connectivity index (χ1) is 7.18. The Kier molecular flexibility index (Phi) is 5.25. The van der Waals surface area contributed by atoms with Crippen LogP contribution in [0.15, 0.2) is 0 Å². The van der Waals surface area contributed by atoms with Gasteiger partial charge in [-0.05, 0) is 26.2 Å². The van der Waals surface area contributed by atoms with Gasteiger partial charge in [-0.25, -0.2) is 0 Å². The highest BCUT2D eigenvalue weighted by molar-refractivity contribution is 6.62. The van der Waals surface area contributed by atoms with E-state index in [0.29, 0.717) is 5.54 Å². The Morgan fingerprint density at radius 1 is 1.20 bits per heavy atom. The lowest BCUT2D eigenvalue weighted by Crippen LogP contribution is -2.49. The van der Waals surface area contributed by atoms with Crippen molar-refractivity contribution in [3.8, 4) is 0 Å². The molecule has 0 heterocycles. The molecule has 90 valence electrons. The average molecular weight is 232 g/mol. The number of rotatable bonds is 6. The molecule has 0 aromatic heterocycles. The van der Waals surface area contributed by atoms with Crippen molar-refractivity contribution in [1.82, 2.24) is 0 Å². The van der Waals surface area contributed by atoms with Gasteiger partial charge in [-0.2, -0.15) is 0 Å². The molecule has 0 saturated heterocycles. The van der Waals surface area contributed by atoms with Gasteiger partial charge in [0.2, 0.25) is 0 Å². The van der Waals surface area contributed by atoms with Crippen molar-refractivity contribution in [3.05, 3.63) is 0 Å². The molecule has 0 amide bonds. The molecule has 1 aliphatic carbocycles. The predicted octanol–water partition coefficient (Wildman–Crippen LogP) is 2.98. The molecule has 4 heteroatoms. The summed E-state index contributed by atoms with van der Waals surface area (Å²) in [6.45, 7) is 4.22. The van der Waals surface area contributed by atoms with Crippen LogP contribution in [-0.4, -0.2) is 29.1 Å². The van der Waals surface area contributed by atoms with Crippen molar-refractivity contribution in [1.29, 1.82) is 0 Å². The summed E-state index contributed by atoms with van der Waals surface area (Å²) in [4.78, 5) is 0. The molecule has 1 fully saturated rings. The molecule has 3 nitrogen and oxygen atoms in total. The third kappa shape index (κ3) is 3.03. The lowest BCUT2D eigenvalue weighted by Gasteiger charge is -2.33. The van der Waals surface area contributed by atoms with Crippen molar-refractivity contribution >= 4 is 8.80 Å². The maximum Gasteiger partial charge on any atom is 0.503 e. The van der Waals surface area contributed by atoms with E-state index in [1.807, 2.05) is 0 Å². The highest BCUT2D eigenvalue weighted by Crippen LogP contribution is 2.40. The molecule has 0 radical (unpaired) electrons. The molecular weight excluding hydrogens is 208 g/mol. The summed E-state index contributed by atoms with van der Waals surface area (Å²) < 4.78 is 17.3. The summed E-state index contributed by atoms with van der Waals surface area (Å²) in [7, 11) is 1.07. The molecule has 0 bridgehead atoms. The molecule has 0 spiro atoms. The summed E-state index contributed by atoms with van der Waals surface area (Å²) in [5.41, 5.74) is 0.515. The molecule has 0 N–H and O–H groups in total. The Hall–Kier alpha value is 0.0969. The van der Waals surface area contributed by atoms with Crippen LogP contribution in [0.25, 0.3) is 0 Å². The normalized spacial score (nSPS) is 20.8. The molecular formula is C11H24O3Si. The fourth-order valence-corrected chi connectivity index (χ4v) is 5.31. The van der Waals surface area contributed by atoms with Crippen LogP contribution in [0, 0.1) is 0 Å². The van der Waals surface area contributed by atoms with Gasteiger partial charge in [-0.15, -0.1) is 0 Å². The fourth-order valence-electron chi connectivity index (χ4n) is 2.25. The van der Waals surface area contributed by atoms with E-state index >= 15 is 0 Å². The Morgan fingerprint density at radius 3 is 2.13 bits per heavy atom. The highest BCUT2D eigenvalue weighted by Gasteiger charge is 2.49. The zero-order valence-corrected chi connectivity index (χ0v) is 11.4. The topological polar surface area (TPSA) is 27.7 Å². The number of hydrogen-bond donors (Lipinski definition) is 0. The third-order valence-electron chi connectivity index (χ3n) is 3.36. The minimum Gasteiger partial charge on any atom is -0.377 e. The molecule has 1 saturated carbocycles. The van der Waals surface area contributed by atoms with Gasteiger partial charge in [0.15, 0.2) is 0 Å². The maximum absolute atomic E-state index is 6.06. The van der Waals surface area contributed by atoms with E-state index in [1.165, 1.54) is 25.7 Å². The van der Waals surface area contributed by atoms with Gasteiger partial charge in [-0.3, -0.25) is 0 Å². The van der Waals surface area contributed by atoms with E-state index in [0.717, 1.165) is 6.42 Å². The Morgan fingerprint density at radius 2 is 1.73 bits per heavy atom. The Labute approximate surface area is 94.5 Å². The van der Waals surface area contributed by atoms with E-state index in [4.69, 9.17) is 13.3 Å². The Bertz CT molecular complexity index is 177. The first kappa shape index (κ1) is 13.2. The van der Waals surface area contributed by atoms with Gasteiger partial charge in [0.05, 0.1) is 0 Å². The summed E-state index contributed by atoms with van der Waals surface area (Å²) in [6, 6.07) is 0. The number of hydrogen-bond acceptors (Lipinski definition) is 3. The van der Waals surface area contributed by atoms with E-state index in [1.54, 1.807) is 14.2 Å². The zero-order chi connectivity index (χ0) is 11.3. The van der Waals surface area contributed by atoms with E-state index in [2.05, 4.69) is 13.8 Å². The highest BCUT2D eigenvalue weighted by atomic mass is 28.4. The van der Waals surface area contributed by atoms with Gasteiger partial charge >= 0.3 is 8.80 Å². The average Bonchev–Trinajstić information content (AvgIpc) is 2.79. The maximum atomic E-state index is 6.06. The monoisotopic (exact) mass is 232 g/mol. The van der Waals surface area contributed by atoms with Crippen LogP contribution in [0.2, 0.25) is 5.54 Å². The van der Waals surface area contributed by atoms with Gasteiger partial charge in [0, 0.05) is 25.9 Å². The first-order valence-corrected chi connectivity index (χ1v) is 7.76. The minimum atomic E-state index is -2.39. The lowest BCUT2D eigenvalue weighted by molar-refractivity contribution is 0.0520. The predicted molar refractivity (Wildman–Crippen MR) is 62.8 cm³/mol. The second kappa shape index (κ2) is 5.99. The van der Waals surface area contributed by atoms with Crippen molar-refractivity contribution in [3.63, 3.8) is 0 Å². The van der Waals surface area contributed by atoms with Crippen molar-refractivity contribution in [2.75, 3.05) is 14.2 Å². The standard InChI is InChI=1S/C11H24O3Si/c1-5-10(2)14-15(12-3,13-4)11-8-6-7-9-11/h10-11H,5-9H2,1-4H3. The molecule has 15 heavy (non-hydrogen) atoms. The van der Waals surface area contributed by atoms with Crippen LogP contribution < -0.4 is 0 Å². The molecule has 1 rings (SSSR count). The van der Waals surface area contributed by atoms with Crippen LogP contribution in [0.5, 0.6) is 0 Å². The van der Waals surface area contributed by atoms with Crippen molar-refractivity contribution < 1.29 is 13.3 Å². The van der Waals surface area contributed by atoms with E-state index in [9.17, 15) is 0 Å². The fraction of sp³-hybridized carbons (Fsp3) is 1.00. The summed E-state index contributed by atoms with van der Waals surface area (Å²) in [5, 5.41) is 0. The molecule has 1 atom stereocenters. The van der Waals surface area contributed by atoms with Crippen LogP contribution in [0.3, 0.4) is 0 Å². The van der Waals surface area contributed by atoms with Crippen molar-refractivity contribution in [2.24, 2.45) is 0 Å². The van der Waals surface area contributed by atoms with Crippen LogP contribution in [-0.2, 0) is 13.3 Å². The summed E-state index contributed by atoms with van der Waals surface area (Å²) in [5.74, 6) is 0. The van der Waals surface area contributed by atoms with Gasteiger partial charge in [0.25, 0.3) is 0 Å². The minimum absolute atomic E-state index is 0.233. The van der Waals surface area contributed by atoms with Gasteiger partial charge in [0.1, 0.15) is 0 Å². The van der Waals surface area contributed by atoms with Gasteiger partial charge in [-0.1, -0.05) is 19.8 Å². The largest absolute Gasteiger partial charge is 0.503 e. The lowest BCUT2D eigenvalue weighted by atomic mass is 10.3. The summed E-state index contributed by atoms with van der Waals surface area (Å²) in [6.07, 6.45) is 6.21.